The molecule has 0 aliphatic rings. The summed E-state index contributed by atoms with van der Waals surface area (Å²) < 4.78 is 1.68. The minimum Gasteiger partial charge on any atom is -0.475 e. The molecular weight excluding hydrogens is 382 g/mol. The van der Waals surface area contributed by atoms with Crippen LogP contribution in [0.2, 0.25) is 0 Å². The number of aromatic amines is 1. The van der Waals surface area contributed by atoms with Crippen molar-refractivity contribution in [2.75, 3.05) is 0 Å². The molecule has 2 N–H and O–H groups in total. The monoisotopic (exact) mass is 403 g/mol. The first-order valence-corrected chi connectivity index (χ1v) is 9.67. The highest BCUT2D eigenvalue weighted by atomic mass is 16.4. The number of hydrogen-bond acceptors (Lipinski definition) is 6. The lowest BCUT2D eigenvalue weighted by molar-refractivity contribution is 0.0683. The Kier molecular flexibility index (Phi) is 5.34. The molecule has 0 fully saturated rings. The third-order valence-corrected chi connectivity index (χ3v) is 5.06. The first-order valence-electron chi connectivity index (χ1n) is 9.67. The molecule has 2 aromatic heterocycles. The van der Waals surface area contributed by atoms with Crippen molar-refractivity contribution in [3.63, 3.8) is 0 Å². The van der Waals surface area contributed by atoms with E-state index in [0.29, 0.717) is 18.2 Å². The highest BCUT2D eigenvalue weighted by Gasteiger charge is 2.19. The third kappa shape index (κ3) is 3.82. The van der Waals surface area contributed by atoms with Gasteiger partial charge in [0.1, 0.15) is 5.82 Å². The zero-order chi connectivity index (χ0) is 21.1. The van der Waals surface area contributed by atoms with Crippen molar-refractivity contribution in [2.45, 2.75) is 32.7 Å². The fraction of sp³-hybridized carbons (Fsp3) is 0.238. The summed E-state index contributed by atoms with van der Waals surface area (Å²) in [6.45, 7) is 4.51. The Labute approximate surface area is 172 Å². The fourth-order valence-electron chi connectivity index (χ4n) is 3.28. The molecule has 30 heavy (non-hydrogen) atoms. The number of hydrogen-bond donors (Lipinski definition) is 2. The molecule has 0 aliphatic heterocycles. The molecule has 0 saturated carbocycles. The van der Waals surface area contributed by atoms with Gasteiger partial charge in [-0.2, -0.15) is 5.21 Å². The van der Waals surface area contributed by atoms with E-state index >= 15 is 0 Å². The molecule has 0 amide bonds. The second-order valence-electron chi connectivity index (χ2n) is 7.04. The average molecular weight is 403 g/mol. The highest BCUT2D eigenvalue weighted by Crippen LogP contribution is 2.30. The molecular formula is C21H21N7O2. The first-order chi connectivity index (χ1) is 14.6. The van der Waals surface area contributed by atoms with E-state index in [9.17, 15) is 9.90 Å². The lowest BCUT2D eigenvalue weighted by Gasteiger charge is -2.11. The van der Waals surface area contributed by atoms with Crippen molar-refractivity contribution in [1.29, 1.82) is 0 Å². The van der Waals surface area contributed by atoms with Gasteiger partial charge in [-0.1, -0.05) is 62.4 Å². The predicted molar refractivity (Wildman–Crippen MR) is 110 cm³/mol. The van der Waals surface area contributed by atoms with E-state index in [1.165, 1.54) is 0 Å². The molecule has 9 nitrogen and oxygen atoms in total. The lowest BCUT2D eigenvalue weighted by Crippen LogP contribution is -2.09. The molecule has 0 bridgehead atoms. The minimum atomic E-state index is -1.12. The number of aromatic nitrogens is 7. The average Bonchev–Trinajstić information content (AvgIpc) is 3.44. The first kappa shape index (κ1) is 19.4. The second kappa shape index (κ2) is 8.24. The van der Waals surface area contributed by atoms with Gasteiger partial charge in [-0.3, -0.25) is 0 Å². The van der Waals surface area contributed by atoms with Gasteiger partial charge < -0.3 is 5.11 Å². The summed E-state index contributed by atoms with van der Waals surface area (Å²) in [5, 5.41) is 27.7. The number of H-pyrrole nitrogens is 1. The van der Waals surface area contributed by atoms with Crippen molar-refractivity contribution in [1.82, 2.24) is 35.4 Å². The number of carboxylic acid groups (broad SMARTS) is 1. The van der Waals surface area contributed by atoms with Gasteiger partial charge in [0.05, 0.1) is 6.54 Å². The summed E-state index contributed by atoms with van der Waals surface area (Å²) in [4.78, 5) is 15.5. The maximum atomic E-state index is 11.3. The molecule has 4 rings (SSSR count). The van der Waals surface area contributed by atoms with Crippen LogP contribution in [0, 0.1) is 0 Å². The van der Waals surface area contributed by atoms with E-state index < -0.39 is 5.97 Å². The summed E-state index contributed by atoms with van der Waals surface area (Å²) in [6, 6.07) is 15.9. The number of tetrazole rings is 1. The molecule has 0 spiro atoms. The van der Waals surface area contributed by atoms with Crippen LogP contribution < -0.4 is 0 Å². The van der Waals surface area contributed by atoms with Crippen LogP contribution in [0.3, 0.4) is 0 Å². The van der Waals surface area contributed by atoms with Gasteiger partial charge in [-0.05, 0) is 28.3 Å². The summed E-state index contributed by atoms with van der Waals surface area (Å²) in [5.41, 5.74) is 3.91. The van der Waals surface area contributed by atoms with Gasteiger partial charge in [-0.15, -0.1) is 15.3 Å². The topological polar surface area (TPSA) is 122 Å². The van der Waals surface area contributed by atoms with E-state index in [4.69, 9.17) is 0 Å². The summed E-state index contributed by atoms with van der Waals surface area (Å²) in [5.74, 6) is 0.0486. The normalized spacial score (nSPS) is 12.1. The summed E-state index contributed by atoms with van der Waals surface area (Å²) in [6.07, 6.45) is 0.851. The predicted octanol–water partition coefficient (Wildman–Crippen LogP) is 3.39. The molecule has 0 saturated heterocycles. The van der Waals surface area contributed by atoms with Gasteiger partial charge >= 0.3 is 5.97 Å². The van der Waals surface area contributed by atoms with Crippen molar-refractivity contribution in [3.05, 3.63) is 65.7 Å². The molecule has 4 aromatic rings. The molecule has 1 atom stereocenters. The van der Waals surface area contributed by atoms with Crippen LogP contribution in [-0.4, -0.2) is 46.5 Å². The Morgan fingerprint density at radius 2 is 1.87 bits per heavy atom. The summed E-state index contributed by atoms with van der Waals surface area (Å²) >= 11 is 0. The van der Waals surface area contributed by atoms with Crippen LogP contribution in [0.5, 0.6) is 0 Å². The number of aromatic carboxylic acids is 1. The molecule has 0 aliphatic carbocycles. The molecule has 2 aromatic carbocycles. The molecule has 2 heterocycles. The van der Waals surface area contributed by atoms with Crippen molar-refractivity contribution in [2.24, 2.45) is 0 Å². The number of benzene rings is 2. The Balaban J connectivity index is 1.63. The Hall–Kier alpha value is -3.88. The molecule has 0 radical (unpaired) electrons. The van der Waals surface area contributed by atoms with Gasteiger partial charge in [0.15, 0.2) is 0 Å². The Morgan fingerprint density at radius 3 is 2.50 bits per heavy atom. The molecule has 9 heteroatoms. The van der Waals surface area contributed by atoms with Gasteiger partial charge in [0.2, 0.25) is 5.82 Å². The number of nitrogens with zero attached hydrogens (tertiary/aromatic N) is 6. The number of carboxylic acids is 1. The van der Waals surface area contributed by atoms with Crippen LogP contribution in [0.4, 0.5) is 0 Å². The fourth-order valence-corrected chi connectivity index (χ4v) is 3.28. The maximum Gasteiger partial charge on any atom is 0.375 e. The van der Waals surface area contributed by atoms with Gasteiger partial charge in [-0.25, -0.2) is 14.5 Å². The van der Waals surface area contributed by atoms with Crippen molar-refractivity contribution in [3.8, 4) is 22.5 Å². The van der Waals surface area contributed by atoms with E-state index in [2.05, 4.69) is 30.7 Å². The van der Waals surface area contributed by atoms with Crippen molar-refractivity contribution >= 4 is 5.97 Å². The van der Waals surface area contributed by atoms with E-state index in [1.807, 2.05) is 62.4 Å². The third-order valence-electron chi connectivity index (χ3n) is 5.06. The maximum absolute atomic E-state index is 11.3. The van der Waals surface area contributed by atoms with E-state index in [-0.39, 0.29) is 11.7 Å². The largest absolute Gasteiger partial charge is 0.475 e. The van der Waals surface area contributed by atoms with Crippen LogP contribution >= 0.6 is 0 Å². The van der Waals surface area contributed by atoms with Gasteiger partial charge in [0.25, 0.3) is 5.82 Å². The van der Waals surface area contributed by atoms with E-state index in [0.717, 1.165) is 28.7 Å². The lowest BCUT2D eigenvalue weighted by atomic mass is 9.98. The number of nitrogens with one attached hydrogen (secondary N) is 1. The van der Waals surface area contributed by atoms with Crippen LogP contribution in [0.15, 0.2) is 48.5 Å². The zero-order valence-corrected chi connectivity index (χ0v) is 16.6. The van der Waals surface area contributed by atoms with Gasteiger partial charge in [0, 0.05) is 11.5 Å². The number of rotatable bonds is 7. The SMILES string of the molecule is CCC(C)c1nc(C(=O)O)nn1Cc1ccc(-c2ccccc2-c2nn[nH]n2)cc1. The Morgan fingerprint density at radius 1 is 1.13 bits per heavy atom. The van der Waals surface area contributed by atoms with E-state index in [1.54, 1.807) is 4.68 Å². The standard InChI is InChI=1S/C21H21N7O2/c1-3-13(2)20-22-19(21(29)30)25-28(20)12-14-8-10-15(11-9-14)16-6-4-5-7-17(16)18-23-26-27-24-18/h4-11,13H,3,12H2,1-2H3,(H,29,30)(H,23,24,26,27). The number of carbonyl (C=O) groups is 1. The second-order valence-corrected chi connectivity index (χ2v) is 7.04. The van der Waals surface area contributed by atoms with Crippen LogP contribution in [0.25, 0.3) is 22.5 Å². The van der Waals surface area contributed by atoms with Crippen LogP contribution in [-0.2, 0) is 6.54 Å². The highest BCUT2D eigenvalue weighted by molar-refractivity contribution is 5.83. The van der Waals surface area contributed by atoms with Crippen molar-refractivity contribution < 1.29 is 9.90 Å². The molecule has 1 unspecified atom stereocenters. The minimum absolute atomic E-state index is 0.117. The zero-order valence-electron chi connectivity index (χ0n) is 16.6. The Bertz CT molecular complexity index is 1150. The van der Waals surface area contributed by atoms with Crippen LogP contribution in [0.1, 0.15) is 48.2 Å². The smallest absolute Gasteiger partial charge is 0.375 e. The molecule has 152 valence electrons. The quantitative estimate of drug-likeness (QED) is 0.485. The summed E-state index contributed by atoms with van der Waals surface area (Å²) in [7, 11) is 0.